The first kappa shape index (κ1) is 10.5. The van der Waals surface area contributed by atoms with Gasteiger partial charge in [0.25, 0.3) is 0 Å². The van der Waals surface area contributed by atoms with Crippen LogP contribution in [0.2, 0.25) is 0 Å². The molecule has 0 radical (unpaired) electrons. The summed E-state index contributed by atoms with van der Waals surface area (Å²) in [6, 6.07) is 0. The van der Waals surface area contributed by atoms with E-state index in [-0.39, 0.29) is 0 Å². The van der Waals surface area contributed by atoms with Gasteiger partial charge in [-0.3, -0.25) is 0 Å². The number of rotatable bonds is 1. The molecule has 0 aromatic rings. The molecule has 2 rings (SSSR count). The van der Waals surface area contributed by atoms with E-state index < -0.39 is 0 Å². The van der Waals surface area contributed by atoms with Crippen LogP contribution >= 0.6 is 0 Å². The van der Waals surface area contributed by atoms with E-state index in [0.29, 0.717) is 5.54 Å². The lowest BCUT2D eigenvalue weighted by molar-refractivity contribution is 0.163. The van der Waals surface area contributed by atoms with Crippen molar-refractivity contribution in [3.05, 3.63) is 0 Å². The lowest BCUT2D eigenvalue weighted by Crippen LogP contribution is -2.41. The summed E-state index contributed by atoms with van der Waals surface area (Å²) in [5.41, 5.74) is 0.408. The van der Waals surface area contributed by atoms with Gasteiger partial charge in [-0.15, -0.1) is 0 Å². The van der Waals surface area contributed by atoms with Crippen molar-refractivity contribution in [1.29, 1.82) is 0 Å². The van der Waals surface area contributed by atoms with Gasteiger partial charge in [-0.25, -0.2) is 0 Å². The molecule has 82 valence electrons. The molecule has 1 saturated carbocycles. The second-order valence-corrected chi connectivity index (χ2v) is 6.06. The van der Waals surface area contributed by atoms with Crippen LogP contribution in [-0.4, -0.2) is 12.1 Å². The van der Waals surface area contributed by atoms with Gasteiger partial charge in [0, 0.05) is 5.54 Å². The first-order valence-corrected chi connectivity index (χ1v) is 6.34. The highest BCUT2D eigenvalue weighted by molar-refractivity contribution is 4.96. The highest BCUT2D eigenvalue weighted by Gasteiger charge is 2.39. The number of hydrogen-bond acceptors (Lipinski definition) is 1. The van der Waals surface area contributed by atoms with Crippen molar-refractivity contribution in [3.63, 3.8) is 0 Å². The topological polar surface area (TPSA) is 12.0 Å². The Bertz CT molecular complexity index is 189. The largest absolute Gasteiger partial charge is 0.311 e. The van der Waals surface area contributed by atoms with Crippen molar-refractivity contribution in [2.45, 2.75) is 58.4 Å². The Hall–Kier alpha value is -0.0400. The van der Waals surface area contributed by atoms with E-state index in [9.17, 15) is 0 Å². The maximum atomic E-state index is 3.65. The standard InChI is InChI=1S/C13H25N/c1-10-4-6-11(7-5-10)12-8-9-14-13(12,2)3/h10-12,14H,4-9H2,1-3H3. The van der Waals surface area contributed by atoms with E-state index in [1.807, 2.05) is 0 Å². The fourth-order valence-electron chi connectivity index (χ4n) is 3.55. The third-order valence-electron chi connectivity index (χ3n) is 4.59. The van der Waals surface area contributed by atoms with E-state index in [4.69, 9.17) is 0 Å². The molecule has 0 aromatic heterocycles. The van der Waals surface area contributed by atoms with Crippen molar-refractivity contribution in [1.82, 2.24) is 5.32 Å². The van der Waals surface area contributed by atoms with Crippen LogP contribution in [0.3, 0.4) is 0 Å². The molecule has 1 atom stereocenters. The molecule has 1 nitrogen and oxygen atoms in total. The second-order valence-electron chi connectivity index (χ2n) is 6.06. The average Bonchev–Trinajstić information content (AvgIpc) is 2.47. The highest BCUT2D eigenvalue weighted by Crippen LogP contribution is 2.41. The van der Waals surface area contributed by atoms with Crippen LogP contribution in [0.15, 0.2) is 0 Å². The van der Waals surface area contributed by atoms with E-state index in [1.54, 1.807) is 0 Å². The third-order valence-corrected chi connectivity index (χ3v) is 4.59. The van der Waals surface area contributed by atoms with Crippen LogP contribution in [0, 0.1) is 17.8 Å². The van der Waals surface area contributed by atoms with Crippen molar-refractivity contribution in [2.24, 2.45) is 17.8 Å². The normalized spacial score (nSPS) is 42.6. The van der Waals surface area contributed by atoms with Gasteiger partial charge in [0.2, 0.25) is 0 Å². The van der Waals surface area contributed by atoms with Crippen LogP contribution in [0.5, 0.6) is 0 Å². The SMILES string of the molecule is CC1CCC(C2CCNC2(C)C)CC1. The summed E-state index contributed by atoms with van der Waals surface area (Å²) in [5.74, 6) is 2.94. The summed E-state index contributed by atoms with van der Waals surface area (Å²) in [6.07, 6.45) is 7.31. The molecule has 1 unspecified atom stereocenters. The van der Waals surface area contributed by atoms with Crippen LogP contribution in [0.1, 0.15) is 52.9 Å². The molecule has 0 spiro atoms. The third kappa shape index (κ3) is 1.98. The van der Waals surface area contributed by atoms with Crippen LogP contribution in [-0.2, 0) is 0 Å². The number of hydrogen-bond donors (Lipinski definition) is 1. The fourth-order valence-corrected chi connectivity index (χ4v) is 3.55. The zero-order chi connectivity index (χ0) is 10.2. The summed E-state index contributed by atoms with van der Waals surface area (Å²) < 4.78 is 0. The fraction of sp³-hybridized carbons (Fsp3) is 1.00. The van der Waals surface area contributed by atoms with Gasteiger partial charge in [0.15, 0.2) is 0 Å². The predicted molar refractivity (Wildman–Crippen MR) is 61.3 cm³/mol. The maximum Gasteiger partial charge on any atom is 0.0156 e. The molecule has 0 amide bonds. The Morgan fingerprint density at radius 3 is 2.14 bits per heavy atom. The van der Waals surface area contributed by atoms with Crippen LogP contribution in [0.25, 0.3) is 0 Å². The van der Waals surface area contributed by atoms with Crippen molar-refractivity contribution in [2.75, 3.05) is 6.54 Å². The van der Waals surface area contributed by atoms with Crippen LogP contribution in [0.4, 0.5) is 0 Å². The zero-order valence-corrected chi connectivity index (χ0v) is 9.97. The molecule has 0 bridgehead atoms. The molecule has 1 heteroatoms. The average molecular weight is 195 g/mol. The highest BCUT2D eigenvalue weighted by atomic mass is 15.0. The lowest BCUT2D eigenvalue weighted by Gasteiger charge is -2.37. The summed E-state index contributed by atoms with van der Waals surface area (Å²) in [5, 5.41) is 3.65. The summed E-state index contributed by atoms with van der Waals surface area (Å²) in [4.78, 5) is 0. The van der Waals surface area contributed by atoms with Gasteiger partial charge in [-0.1, -0.05) is 19.8 Å². The van der Waals surface area contributed by atoms with Gasteiger partial charge in [0.1, 0.15) is 0 Å². The molecule has 1 heterocycles. The second kappa shape index (κ2) is 3.84. The maximum absolute atomic E-state index is 3.65. The predicted octanol–water partition coefficient (Wildman–Crippen LogP) is 3.20. The van der Waals surface area contributed by atoms with Gasteiger partial charge >= 0.3 is 0 Å². The van der Waals surface area contributed by atoms with Crippen molar-refractivity contribution >= 4 is 0 Å². The summed E-state index contributed by atoms with van der Waals surface area (Å²) in [7, 11) is 0. The molecule has 1 saturated heterocycles. The Labute approximate surface area is 88.7 Å². The minimum absolute atomic E-state index is 0.408. The first-order valence-electron chi connectivity index (χ1n) is 6.34. The van der Waals surface area contributed by atoms with Crippen molar-refractivity contribution in [3.8, 4) is 0 Å². The molecule has 1 aliphatic carbocycles. The summed E-state index contributed by atoms with van der Waals surface area (Å²) in [6.45, 7) is 8.43. The smallest absolute Gasteiger partial charge is 0.0156 e. The van der Waals surface area contributed by atoms with E-state index in [2.05, 4.69) is 26.1 Å². The van der Waals surface area contributed by atoms with Crippen molar-refractivity contribution < 1.29 is 0 Å². The Morgan fingerprint density at radius 2 is 1.64 bits per heavy atom. The van der Waals surface area contributed by atoms with E-state index in [0.717, 1.165) is 17.8 Å². The zero-order valence-electron chi connectivity index (χ0n) is 9.97. The quantitative estimate of drug-likeness (QED) is 0.677. The molecular formula is C13H25N. The minimum atomic E-state index is 0.408. The Balaban J connectivity index is 1.95. The van der Waals surface area contributed by atoms with E-state index in [1.165, 1.54) is 38.6 Å². The van der Waals surface area contributed by atoms with E-state index >= 15 is 0 Å². The van der Waals surface area contributed by atoms with Gasteiger partial charge in [0.05, 0.1) is 0 Å². The molecule has 1 aliphatic heterocycles. The molecule has 2 aliphatic rings. The molecule has 14 heavy (non-hydrogen) atoms. The van der Waals surface area contributed by atoms with Gasteiger partial charge < -0.3 is 5.32 Å². The monoisotopic (exact) mass is 195 g/mol. The first-order chi connectivity index (χ1) is 6.59. The Kier molecular flexibility index (Phi) is 2.88. The summed E-state index contributed by atoms with van der Waals surface area (Å²) >= 11 is 0. The van der Waals surface area contributed by atoms with Gasteiger partial charge in [-0.05, 0) is 57.4 Å². The molecule has 0 aromatic carbocycles. The lowest BCUT2D eigenvalue weighted by atomic mass is 9.70. The molecule has 2 fully saturated rings. The van der Waals surface area contributed by atoms with Gasteiger partial charge in [-0.2, -0.15) is 0 Å². The Morgan fingerprint density at radius 1 is 1.00 bits per heavy atom. The minimum Gasteiger partial charge on any atom is -0.311 e. The van der Waals surface area contributed by atoms with Crippen LogP contribution < -0.4 is 5.32 Å². The molecule has 1 N–H and O–H groups in total. The number of nitrogens with one attached hydrogen (secondary N) is 1. The molecular weight excluding hydrogens is 170 g/mol.